The number of hydrogen-bond acceptors (Lipinski definition) is 4. The summed E-state index contributed by atoms with van der Waals surface area (Å²) in [5.41, 5.74) is 1.22. The van der Waals surface area contributed by atoms with E-state index in [4.69, 9.17) is 0 Å². The van der Waals surface area contributed by atoms with Gasteiger partial charge in [0.1, 0.15) is 0 Å². The highest BCUT2D eigenvalue weighted by atomic mass is 32.2. The van der Waals surface area contributed by atoms with Crippen LogP contribution in [0.2, 0.25) is 0 Å². The normalized spacial score (nSPS) is 14.3. The van der Waals surface area contributed by atoms with Gasteiger partial charge in [-0.2, -0.15) is 18.3 Å². The number of fused-ring (bicyclic) bond motifs is 3. The maximum atomic E-state index is 13.7. The summed E-state index contributed by atoms with van der Waals surface area (Å²) in [4.78, 5) is 4.07. The number of alkyl halides is 3. The number of hydrogen-bond donors (Lipinski definition) is 0. The largest absolute Gasteiger partial charge is 0.435 e. The molecule has 0 bridgehead atoms. The molecule has 5 nitrogen and oxygen atoms in total. The molecule has 2 aromatic heterocycles. The lowest BCUT2D eigenvalue weighted by Crippen LogP contribution is -2.10. The molecular weight excluding hydrogens is 391 g/mol. The van der Waals surface area contributed by atoms with Gasteiger partial charge in [0.15, 0.2) is 21.3 Å². The monoisotopic (exact) mass is 407 g/mol. The Bertz CT molecular complexity index is 1150. The smallest absolute Gasteiger partial charge is 0.236 e. The molecular formula is C19H16F3N3O2S. The van der Waals surface area contributed by atoms with Gasteiger partial charge in [0.2, 0.25) is 0 Å². The molecule has 0 saturated heterocycles. The third kappa shape index (κ3) is 3.19. The number of rotatable bonds is 2. The molecule has 1 aromatic carbocycles. The van der Waals surface area contributed by atoms with Gasteiger partial charge in [-0.05, 0) is 37.0 Å². The van der Waals surface area contributed by atoms with Crippen LogP contribution in [0.4, 0.5) is 13.2 Å². The van der Waals surface area contributed by atoms with Crippen LogP contribution in [0.1, 0.15) is 23.2 Å². The summed E-state index contributed by atoms with van der Waals surface area (Å²) in [6, 6.07) is 10.0. The molecule has 146 valence electrons. The molecule has 0 radical (unpaired) electrons. The predicted molar refractivity (Wildman–Crippen MR) is 96.9 cm³/mol. The van der Waals surface area contributed by atoms with Crippen molar-refractivity contribution in [2.24, 2.45) is 0 Å². The minimum Gasteiger partial charge on any atom is -0.236 e. The molecule has 9 heteroatoms. The highest BCUT2D eigenvalue weighted by molar-refractivity contribution is 7.90. The number of nitrogens with zero attached hydrogens (tertiary/aromatic N) is 3. The molecule has 4 rings (SSSR count). The zero-order valence-electron chi connectivity index (χ0n) is 14.9. The standard InChI is InChI=1S/C19H16F3N3O2S/c1-28(26,27)13-9-10-16(23-11-13)25-17-14-7-3-2-5-12(14)6-4-8-15(17)18(24-25)19(20,21)22/h2-3,5,7,9-11H,4,6,8H2,1H3. The molecule has 3 aromatic rings. The second kappa shape index (κ2) is 6.44. The van der Waals surface area contributed by atoms with E-state index in [0.717, 1.165) is 18.0 Å². The lowest BCUT2D eigenvalue weighted by Gasteiger charge is -2.10. The van der Waals surface area contributed by atoms with Crippen molar-refractivity contribution in [3.8, 4) is 17.1 Å². The zero-order chi connectivity index (χ0) is 20.1. The highest BCUT2D eigenvalue weighted by Gasteiger charge is 2.40. The van der Waals surface area contributed by atoms with E-state index in [0.29, 0.717) is 24.1 Å². The first kappa shape index (κ1) is 18.7. The molecule has 0 fully saturated rings. The van der Waals surface area contributed by atoms with Gasteiger partial charge in [0.25, 0.3) is 0 Å². The third-order valence-corrected chi connectivity index (χ3v) is 5.86. The van der Waals surface area contributed by atoms with Crippen LogP contribution in [0.25, 0.3) is 17.1 Å². The molecule has 0 spiro atoms. The molecule has 28 heavy (non-hydrogen) atoms. The summed E-state index contributed by atoms with van der Waals surface area (Å²) in [5, 5.41) is 3.85. The van der Waals surface area contributed by atoms with E-state index in [1.54, 1.807) is 12.1 Å². The molecule has 0 amide bonds. The number of benzene rings is 1. The summed E-state index contributed by atoms with van der Waals surface area (Å²) in [5.74, 6) is 0.135. The molecule has 0 saturated carbocycles. The van der Waals surface area contributed by atoms with E-state index in [2.05, 4.69) is 10.1 Å². The first-order chi connectivity index (χ1) is 13.2. The third-order valence-electron chi connectivity index (χ3n) is 4.76. The van der Waals surface area contributed by atoms with E-state index < -0.39 is 21.7 Å². The lowest BCUT2D eigenvalue weighted by atomic mass is 10.0. The Morgan fingerprint density at radius 3 is 2.46 bits per heavy atom. The number of aromatic nitrogens is 3. The molecule has 0 N–H and O–H groups in total. The highest BCUT2D eigenvalue weighted by Crippen LogP contribution is 2.41. The number of aryl methyl sites for hydroxylation is 1. The van der Waals surface area contributed by atoms with E-state index in [1.165, 1.54) is 16.8 Å². The maximum absolute atomic E-state index is 13.7. The summed E-state index contributed by atoms with van der Waals surface area (Å²) in [7, 11) is -3.46. The van der Waals surface area contributed by atoms with Gasteiger partial charge in [-0.1, -0.05) is 24.3 Å². The van der Waals surface area contributed by atoms with Crippen LogP contribution in [0.15, 0.2) is 47.5 Å². The van der Waals surface area contributed by atoms with Gasteiger partial charge in [-0.25, -0.2) is 18.1 Å². The van der Waals surface area contributed by atoms with Gasteiger partial charge in [-0.3, -0.25) is 0 Å². The van der Waals surface area contributed by atoms with E-state index in [9.17, 15) is 21.6 Å². The fourth-order valence-corrected chi connectivity index (χ4v) is 4.06. The zero-order valence-corrected chi connectivity index (χ0v) is 15.7. The van der Waals surface area contributed by atoms with Crippen LogP contribution < -0.4 is 0 Å². The van der Waals surface area contributed by atoms with E-state index in [1.807, 2.05) is 12.1 Å². The summed E-state index contributed by atoms with van der Waals surface area (Å²) in [6.07, 6.45) is -0.917. The minimum absolute atomic E-state index is 0.00839. The van der Waals surface area contributed by atoms with Crippen LogP contribution >= 0.6 is 0 Å². The van der Waals surface area contributed by atoms with E-state index in [-0.39, 0.29) is 22.7 Å². The fraction of sp³-hybridized carbons (Fsp3) is 0.263. The average molecular weight is 407 g/mol. The topological polar surface area (TPSA) is 64.8 Å². The lowest BCUT2D eigenvalue weighted by molar-refractivity contribution is -0.141. The predicted octanol–water partition coefficient (Wildman–Crippen LogP) is 3.85. The fourth-order valence-electron chi connectivity index (χ4n) is 3.50. The van der Waals surface area contributed by atoms with Crippen LogP contribution in [0.5, 0.6) is 0 Å². The van der Waals surface area contributed by atoms with Crippen molar-refractivity contribution in [1.29, 1.82) is 0 Å². The summed E-state index contributed by atoms with van der Waals surface area (Å²) < 4.78 is 65.4. The first-order valence-electron chi connectivity index (χ1n) is 8.60. The Hall–Kier alpha value is -2.68. The maximum Gasteiger partial charge on any atom is 0.435 e. The van der Waals surface area contributed by atoms with Crippen molar-refractivity contribution in [2.45, 2.75) is 30.3 Å². The van der Waals surface area contributed by atoms with Crippen molar-refractivity contribution < 1.29 is 21.6 Å². The van der Waals surface area contributed by atoms with Crippen molar-refractivity contribution in [2.75, 3.05) is 6.26 Å². The molecule has 2 heterocycles. The Morgan fingerprint density at radius 1 is 1.07 bits per heavy atom. The van der Waals surface area contributed by atoms with Crippen LogP contribution in [-0.2, 0) is 28.9 Å². The van der Waals surface area contributed by atoms with Gasteiger partial charge >= 0.3 is 6.18 Å². The Kier molecular flexibility index (Phi) is 4.29. The van der Waals surface area contributed by atoms with Crippen molar-refractivity contribution in [3.63, 3.8) is 0 Å². The second-order valence-electron chi connectivity index (χ2n) is 6.72. The van der Waals surface area contributed by atoms with Crippen LogP contribution in [0.3, 0.4) is 0 Å². The van der Waals surface area contributed by atoms with Gasteiger partial charge in [-0.15, -0.1) is 0 Å². The quantitative estimate of drug-likeness (QED) is 0.647. The van der Waals surface area contributed by atoms with Crippen molar-refractivity contribution in [3.05, 3.63) is 59.4 Å². The number of sulfone groups is 1. The van der Waals surface area contributed by atoms with Crippen LogP contribution in [-0.4, -0.2) is 29.4 Å². The SMILES string of the molecule is CS(=O)(=O)c1ccc(-n2nc(C(F)(F)F)c3c2-c2ccccc2CCC3)nc1. The van der Waals surface area contributed by atoms with E-state index >= 15 is 0 Å². The van der Waals surface area contributed by atoms with Gasteiger partial charge < -0.3 is 0 Å². The summed E-state index contributed by atoms with van der Waals surface area (Å²) >= 11 is 0. The molecule has 1 aliphatic carbocycles. The Morgan fingerprint density at radius 2 is 1.82 bits per heavy atom. The van der Waals surface area contributed by atoms with Crippen molar-refractivity contribution >= 4 is 9.84 Å². The Balaban J connectivity index is 1.98. The van der Waals surface area contributed by atoms with Gasteiger partial charge in [0.05, 0.1) is 10.6 Å². The van der Waals surface area contributed by atoms with Crippen LogP contribution in [0, 0.1) is 0 Å². The average Bonchev–Trinajstić information content (AvgIpc) is 2.91. The molecule has 1 aliphatic rings. The number of halogens is 3. The molecule has 0 atom stereocenters. The minimum atomic E-state index is -4.60. The molecule has 0 aliphatic heterocycles. The second-order valence-corrected chi connectivity index (χ2v) is 8.74. The number of pyridine rings is 1. The van der Waals surface area contributed by atoms with Crippen molar-refractivity contribution in [1.82, 2.24) is 14.8 Å². The Labute approximate surface area is 159 Å². The van der Waals surface area contributed by atoms with Gasteiger partial charge in [0, 0.05) is 23.6 Å². The molecule has 0 unspecified atom stereocenters. The first-order valence-corrected chi connectivity index (χ1v) is 10.5. The summed E-state index contributed by atoms with van der Waals surface area (Å²) in [6.45, 7) is 0.